The molecule has 19 heteroatoms. The van der Waals surface area contributed by atoms with Crippen molar-refractivity contribution in [3.63, 3.8) is 0 Å². The largest absolute Gasteiger partial charge is 0.508 e. The summed E-state index contributed by atoms with van der Waals surface area (Å²) in [5, 5.41) is 38.4. The van der Waals surface area contributed by atoms with Crippen molar-refractivity contribution >= 4 is 77.9 Å². The number of fused-ring (bicyclic) bond motifs is 5. The number of nitrogens with zero attached hydrogens (tertiary/aromatic N) is 3. The molecule has 0 saturated carbocycles. The summed E-state index contributed by atoms with van der Waals surface area (Å²) in [6, 6.07) is 33.6. The van der Waals surface area contributed by atoms with Gasteiger partial charge >= 0.3 is 22.5 Å². The first kappa shape index (κ1) is 45.3. The summed E-state index contributed by atoms with van der Waals surface area (Å²) in [4.78, 5) is 62.2. The van der Waals surface area contributed by atoms with E-state index in [0.717, 1.165) is 33.1 Å². The number of hydrogen-bond acceptors (Lipinski definition) is 19. The Morgan fingerprint density at radius 1 is 0.431 bits per heavy atom. The second kappa shape index (κ2) is 18.6. The lowest BCUT2D eigenvalue weighted by molar-refractivity contribution is 0.174. The van der Waals surface area contributed by atoms with Crippen LogP contribution in [-0.4, -0.2) is 37.1 Å². The zero-order valence-corrected chi connectivity index (χ0v) is 39.4. The molecule has 12 aromatic rings. The van der Waals surface area contributed by atoms with Gasteiger partial charge in [-0.05, 0) is 91.9 Å². The second-order valence-electron chi connectivity index (χ2n) is 15.9. The molecular formula is C53H31N3O13S3. The summed E-state index contributed by atoms with van der Waals surface area (Å²) >= 11 is 4.01. The number of benzene rings is 5. The SMILES string of the molecule is Cc1csc(-c2cc3ccc(O)cc3oc2=O)n1.O=c1oc2cc(O)ccc2cc1-c1nc(-c2ccc3c(c2)OCO3)cs1.O=c1oc2ccccc2cc1-c1csc(-c2cc3ccc(O)cc3oc2=O)n1. The zero-order valence-electron chi connectivity index (χ0n) is 37.0. The minimum Gasteiger partial charge on any atom is -0.508 e. The number of phenols is 3. The van der Waals surface area contributed by atoms with Gasteiger partial charge in [0, 0.05) is 67.1 Å². The summed E-state index contributed by atoms with van der Waals surface area (Å²) in [5.41, 5.74) is 3.92. The first-order valence-corrected chi connectivity index (χ1v) is 24.1. The molecule has 0 unspecified atom stereocenters. The van der Waals surface area contributed by atoms with Gasteiger partial charge in [0.15, 0.2) is 11.5 Å². The maximum absolute atomic E-state index is 12.4. The topological polar surface area (TPSA) is 239 Å². The number of rotatable bonds is 5. The molecule has 0 saturated heterocycles. The summed E-state index contributed by atoms with van der Waals surface area (Å²) < 4.78 is 31.9. The quantitative estimate of drug-likeness (QED) is 0.136. The molecule has 1 aliphatic heterocycles. The fourth-order valence-electron chi connectivity index (χ4n) is 7.57. The molecule has 5 aromatic carbocycles. The molecule has 0 bridgehead atoms. The average Bonchev–Trinajstić information content (AvgIpc) is 4.22. The average molecular weight is 1010 g/mol. The molecular weight excluding hydrogens is 983 g/mol. The van der Waals surface area contributed by atoms with Crippen LogP contribution in [0.25, 0.3) is 98.1 Å². The molecule has 0 aliphatic carbocycles. The Labute approximate surface area is 414 Å². The van der Waals surface area contributed by atoms with E-state index in [1.807, 2.05) is 48.0 Å². The fraction of sp³-hybridized carbons (Fsp3) is 0.0377. The third-order valence-electron chi connectivity index (χ3n) is 11.1. The van der Waals surface area contributed by atoms with Crippen LogP contribution in [-0.2, 0) is 0 Å². The molecule has 1 aliphatic rings. The van der Waals surface area contributed by atoms with Crippen molar-refractivity contribution in [2.24, 2.45) is 0 Å². The Balaban J connectivity index is 0.000000120. The molecule has 0 atom stereocenters. The Hall–Kier alpha value is -9.17. The van der Waals surface area contributed by atoms with E-state index in [0.29, 0.717) is 82.2 Å². The van der Waals surface area contributed by atoms with Crippen LogP contribution in [0.1, 0.15) is 5.69 Å². The first-order chi connectivity index (χ1) is 34.9. The minimum atomic E-state index is -0.565. The lowest BCUT2D eigenvalue weighted by Gasteiger charge is -2.01. The van der Waals surface area contributed by atoms with Gasteiger partial charge in [-0.2, -0.15) is 0 Å². The van der Waals surface area contributed by atoms with Crippen LogP contribution < -0.4 is 32.0 Å². The van der Waals surface area contributed by atoms with Crippen LogP contribution in [0, 0.1) is 6.92 Å². The third-order valence-corrected chi connectivity index (χ3v) is 13.8. The molecule has 0 spiro atoms. The Morgan fingerprint density at radius 3 is 1.43 bits per heavy atom. The Bertz CT molecular complexity index is 4340. The molecule has 16 nitrogen and oxygen atoms in total. The molecule has 8 heterocycles. The summed E-state index contributed by atoms with van der Waals surface area (Å²) in [6.07, 6.45) is 0. The van der Waals surface area contributed by atoms with Gasteiger partial charge in [-0.3, -0.25) is 0 Å². The monoisotopic (exact) mass is 1010 g/mol. The molecule has 13 rings (SSSR count). The standard InChI is InChI=1S/C21H11NO5S.C19H11NO5S.C13H9NO3S/c23-13-6-5-12-8-15(21(25)27-18(12)9-13)19-22-16(10-28-19)14-7-11-3-1-2-4-17(11)26-20(14)24;21-12-3-1-11-5-13(19(22)25-16(11)7-12)18-20-14(8-26-18)10-2-4-15-17(6-10)24-9-23-15;1-7-6-18-12(14-7)10-4-8-2-3-9(15)5-11(8)17-13(10)16/h1-10,23H;1-8,21H,9H2;2-6,15H,1H3. The van der Waals surface area contributed by atoms with Gasteiger partial charge in [-0.1, -0.05) is 18.2 Å². The highest BCUT2D eigenvalue weighted by Crippen LogP contribution is 2.38. The number of para-hydroxylation sites is 1. The smallest absolute Gasteiger partial charge is 0.346 e. The van der Waals surface area contributed by atoms with Crippen LogP contribution in [0.2, 0.25) is 0 Å². The number of ether oxygens (including phenoxy) is 2. The molecule has 0 amide bonds. The predicted molar refractivity (Wildman–Crippen MR) is 274 cm³/mol. The van der Waals surface area contributed by atoms with E-state index in [1.165, 1.54) is 58.3 Å². The van der Waals surface area contributed by atoms with E-state index in [2.05, 4.69) is 15.0 Å². The highest BCUT2D eigenvalue weighted by molar-refractivity contribution is 7.14. The van der Waals surface area contributed by atoms with Crippen molar-refractivity contribution in [1.82, 2.24) is 15.0 Å². The van der Waals surface area contributed by atoms with Crippen molar-refractivity contribution in [1.29, 1.82) is 0 Å². The first-order valence-electron chi connectivity index (χ1n) is 21.5. The van der Waals surface area contributed by atoms with E-state index in [9.17, 15) is 34.5 Å². The summed E-state index contributed by atoms with van der Waals surface area (Å²) in [6.45, 7) is 2.09. The van der Waals surface area contributed by atoms with Gasteiger partial charge in [0.2, 0.25) is 6.79 Å². The van der Waals surface area contributed by atoms with Gasteiger partial charge < -0.3 is 42.5 Å². The van der Waals surface area contributed by atoms with Gasteiger partial charge in [-0.15, -0.1) is 34.0 Å². The van der Waals surface area contributed by atoms with Gasteiger partial charge in [0.25, 0.3) is 0 Å². The Kier molecular flexibility index (Phi) is 11.7. The zero-order chi connectivity index (χ0) is 49.6. The van der Waals surface area contributed by atoms with Crippen molar-refractivity contribution in [3.8, 4) is 83.0 Å². The molecule has 3 N–H and O–H groups in total. The molecule has 0 radical (unpaired) electrons. The summed E-state index contributed by atoms with van der Waals surface area (Å²) in [7, 11) is 0. The lowest BCUT2D eigenvalue weighted by Crippen LogP contribution is -2.04. The van der Waals surface area contributed by atoms with Crippen molar-refractivity contribution in [2.45, 2.75) is 6.92 Å². The fourth-order valence-corrected chi connectivity index (χ4v) is 10.0. The normalized spacial score (nSPS) is 11.7. The number of phenolic OH excluding ortho intramolecular Hbond substituents is 3. The molecule has 72 heavy (non-hydrogen) atoms. The van der Waals surface area contributed by atoms with Crippen LogP contribution >= 0.6 is 34.0 Å². The van der Waals surface area contributed by atoms with Crippen LogP contribution in [0.4, 0.5) is 0 Å². The van der Waals surface area contributed by atoms with E-state index in [-0.39, 0.29) is 24.0 Å². The van der Waals surface area contributed by atoms with Crippen molar-refractivity contribution in [2.75, 3.05) is 6.79 Å². The van der Waals surface area contributed by atoms with Crippen LogP contribution in [0.5, 0.6) is 28.7 Å². The van der Waals surface area contributed by atoms with Gasteiger partial charge in [0.1, 0.15) is 54.6 Å². The molecule has 0 fully saturated rings. The lowest BCUT2D eigenvalue weighted by atomic mass is 10.1. The van der Waals surface area contributed by atoms with E-state index in [1.54, 1.807) is 72.1 Å². The molecule has 354 valence electrons. The highest BCUT2D eigenvalue weighted by Gasteiger charge is 2.19. The molecule has 7 aromatic heterocycles. The maximum atomic E-state index is 12.4. The van der Waals surface area contributed by atoms with Crippen molar-refractivity contribution < 1.29 is 42.5 Å². The Morgan fingerprint density at radius 2 is 0.875 bits per heavy atom. The van der Waals surface area contributed by atoms with E-state index >= 15 is 0 Å². The van der Waals surface area contributed by atoms with Crippen LogP contribution in [0.3, 0.4) is 0 Å². The number of thiazole rings is 3. The van der Waals surface area contributed by atoms with Crippen LogP contribution in [0.15, 0.2) is 174 Å². The number of aromatic nitrogens is 3. The second-order valence-corrected chi connectivity index (χ2v) is 18.5. The van der Waals surface area contributed by atoms with Gasteiger partial charge in [-0.25, -0.2) is 34.1 Å². The van der Waals surface area contributed by atoms with Gasteiger partial charge in [0.05, 0.1) is 33.6 Å². The highest BCUT2D eigenvalue weighted by atomic mass is 32.1. The minimum absolute atomic E-state index is 0.0166. The summed E-state index contributed by atoms with van der Waals surface area (Å²) in [5.74, 6) is 1.53. The number of aromatic hydroxyl groups is 3. The maximum Gasteiger partial charge on any atom is 0.346 e. The van der Waals surface area contributed by atoms with E-state index < -0.39 is 22.5 Å². The third kappa shape index (κ3) is 9.08. The van der Waals surface area contributed by atoms with E-state index in [4.69, 9.17) is 27.1 Å². The number of hydrogen-bond donors (Lipinski definition) is 3. The predicted octanol–water partition coefficient (Wildman–Crippen LogP) is 11.3. The number of aryl methyl sites for hydroxylation is 1. The van der Waals surface area contributed by atoms with Crippen molar-refractivity contribution in [3.05, 3.63) is 185 Å².